The Balaban J connectivity index is 1.20. The molecular formula is C31H31F3N8O3S. The number of piperazine rings is 1. The molecule has 0 radical (unpaired) electrons. The SMILES string of the molecule is O=C(c1cc2cnc(Nc3ccc(N4CCN5CCCC5C4)cc3)nc2n(Cc2nccnc2[S+]([O-])CC(F)(F)F)c1=O)C1CC1. The maximum absolute atomic E-state index is 13.7. The van der Waals surface area contributed by atoms with Gasteiger partial charge in [-0.1, -0.05) is 0 Å². The van der Waals surface area contributed by atoms with Crippen molar-refractivity contribution in [1.29, 1.82) is 0 Å². The number of anilines is 3. The smallest absolute Gasteiger partial charge is 0.433 e. The summed E-state index contributed by atoms with van der Waals surface area (Å²) < 4.78 is 53.0. The molecule has 3 aliphatic rings. The lowest BCUT2D eigenvalue weighted by molar-refractivity contribution is -0.106. The quantitative estimate of drug-likeness (QED) is 0.210. The molecule has 4 aromatic rings. The Morgan fingerprint density at radius 2 is 1.83 bits per heavy atom. The van der Waals surface area contributed by atoms with E-state index in [-0.39, 0.29) is 39.6 Å². The van der Waals surface area contributed by atoms with E-state index in [0.29, 0.717) is 24.3 Å². The zero-order valence-electron chi connectivity index (χ0n) is 24.7. The molecular weight excluding hydrogens is 621 g/mol. The fraction of sp³-hybridized carbons (Fsp3) is 0.419. The van der Waals surface area contributed by atoms with Gasteiger partial charge in [-0.15, -0.1) is 0 Å². The van der Waals surface area contributed by atoms with Gasteiger partial charge in [0.1, 0.15) is 11.3 Å². The van der Waals surface area contributed by atoms with E-state index in [0.717, 1.165) is 37.2 Å². The van der Waals surface area contributed by atoms with E-state index in [1.54, 1.807) is 0 Å². The van der Waals surface area contributed by atoms with Gasteiger partial charge < -0.3 is 14.8 Å². The molecule has 1 aliphatic carbocycles. The van der Waals surface area contributed by atoms with Gasteiger partial charge in [-0.3, -0.25) is 24.0 Å². The second-order valence-corrected chi connectivity index (χ2v) is 13.3. The van der Waals surface area contributed by atoms with E-state index >= 15 is 0 Å². The van der Waals surface area contributed by atoms with Crippen molar-refractivity contribution in [2.45, 2.75) is 49.5 Å². The van der Waals surface area contributed by atoms with Gasteiger partial charge in [0.05, 0.1) is 18.3 Å². The molecule has 2 unspecified atom stereocenters. The predicted octanol–water partition coefficient (Wildman–Crippen LogP) is 3.92. The summed E-state index contributed by atoms with van der Waals surface area (Å²) in [6, 6.07) is 9.98. The molecule has 3 fully saturated rings. The Hall–Kier alpha value is -4.08. The molecule has 3 aromatic heterocycles. The van der Waals surface area contributed by atoms with Gasteiger partial charge in [0.2, 0.25) is 11.7 Å². The number of pyridine rings is 1. The molecule has 7 rings (SSSR count). The lowest BCUT2D eigenvalue weighted by atomic mass is 10.1. The normalized spacial score (nSPS) is 19.3. The van der Waals surface area contributed by atoms with Crippen LogP contribution < -0.4 is 15.8 Å². The highest BCUT2D eigenvalue weighted by Crippen LogP contribution is 2.33. The van der Waals surface area contributed by atoms with Crippen LogP contribution in [0.2, 0.25) is 0 Å². The van der Waals surface area contributed by atoms with Crippen molar-refractivity contribution in [2.75, 3.05) is 42.1 Å². The van der Waals surface area contributed by atoms with Crippen molar-refractivity contribution in [2.24, 2.45) is 5.92 Å². The Morgan fingerprint density at radius 1 is 1.04 bits per heavy atom. The Morgan fingerprint density at radius 3 is 2.59 bits per heavy atom. The fourth-order valence-electron chi connectivity index (χ4n) is 6.24. The van der Waals surface area contributed by atoms with Crippen molar-refractivity contribution in [3.8, 4) is 0 Å². The summed E-state index contributed by atoms with van der Waals surface area (Å²) in [5, 5.41) is 3.16. The Kier molecular flexibility index (Phi) is 8.15. The zero-order valence-corrected chi connectivity index (χ0v) is 25.6. The number of nitrogens with zero attached hydrogens (tertiary/aromatic N) is 7. The van der Waals surface area contributed by atoms with E-state index in [1.807, 2.05) is 24.3 Å². The molecule has 2 atom stereocenters. The Bertz CT molecular complexity index is 1830. The molecule has 240 valence electrons. The third-order valence-corrected chi connectivity index (χ3v) is 10.0. The van der Waals surface area contributed by atoms with E-state index in [9.17, 15) is 27.3 Å². The molecule has 0 amide bonds. The first-order chi connectivity index (χ1) is 22.1. The van der Waals surface area contributed by atoms with Crippen LogP contribution in [0.3, 0.4) is 0 Å². The van der Waals surface area contributed by atoms with E-state index in [4.69, 9.17) is 0 Å². The van der Waals surface area contributed by atoms with Crippen LogP contribution in [-0.2, 0) is 17.7 Å². The van der Waals surface area contributed by atoms with Gasteiger partial charge in [0.15, 0.2) is 5.78 Å². The summed E-state index contributed by atoms with van der Waals surface area (Å²) in [6.45, 7) is 3.81. The molecule has 0 bridgehead atoms. The first kappa shape index (κ1) is 30.6. The summed E-state index contributed by atoms with van der Waals surface area (Å²) in [4.78, 5) is 48.7. The van der Waals surface area contributed by atoms with Crippen LogP contribution in [0.4, 0.5) is 30.5 Å². The number of aromatic nitrogens is 5. The van der Waals surface area contributed by atoms with Crippen LogP contribution in [-0.4, -0.2) is 83.9 Å². The molecule has 0 spiro atoms. The molecule has 1 saturated carbocycles. The van der Waals surface area contributed by atoms with Gasteiger partial charge in [-0.2, -0.15) is 18.2 Å². The van der Waals surface area contributed by atoms with Gasteiger partial charge >= 0.3 is 6.18 Å². The number of carbonyl (C=O) groups is 1. The third kappa shape index (κ3) is 6.44. The number of hydrogen-bond donors (Lipinski definition) is 1. The van der Waals surface area contributed by atoms with Crippen molar-refractivity contribution in [3.05, 3.63) is 70.5 Å². The van der Waals surface area contributed by atoms with Crippen molar-refractivity contribution < 1.29 is 22.5 Å². The largest absolute Gasteiger partial charge is 0.610 e. The standard InChI is InChI=1S/C31H31F3N8O3S/c32-31(33,34)18-46(45)28-25(35-9-10-36-28)17-42-27-20(14-24(29(42)44)26(43)19-3-4-19)15-37-30(39-27)38-21-5-7-22(8-6-21)41-13-12-40-11-1-2-23(40)16-41/h5-10,14-15,19,23H,1-4,11-13,16-18H2,(H,37,38,39). The lowest BCUT2D eigenvalue weighted by Gasteiger charge is -2.38. The minimum absolute atomic E-state index is 0.0600. The number of benzene rings is 1. The first-order valence-corrected chi connectivity index (χ1v) is 16.5. The van der Waals surface area contributed by atoms with Crippen molar-refractivity contribution in [3.63, 3.8) is 0 Å². The summed E-state index contributed by atoms with van der Waals surface area (Å²) in [5.74, 6) is -2.00. The highest BCUT2D eigenvalue weighted by molar-refractivity contribution is 7.91. The minimum atomic E-state index is -4.70. The number of nitrogens with one attached hydrogen (secondary N) is 1. The van der Waals surface area contributed by atoms with Crippen LogP contribution >= 0.6 is 0 Å². The van der Waals surface area contributed by atoms with Gasteiger partial charge in [0, 0.05) is 71.9 Å². The summed E-state index contributed by atoms with van der Waals surface area (Å²) in [7, 11) is 0. The van der Waals surface area contributed by atoms with E-state index in [1.165, 1.54) is 42.4 Å². The predicted molar refractivity (Wildman–Crippen MR) is 166 cm³/mol. The summed E-state index contributed by atoms with van der Waals surface area (Å²) in [5.41, 5.74) is 1.16. The fourth-order valence-corrected chi connectivity index (χ4v) is 7.23. The minimum Gasteiger partial charge on any atom is -0.610 e. The molecule has 2 aliphatic heterocycles. The molecule has 1 N–H and O–H groups in total. The lowest BCUT2D eigenvalue weighted by Crippen LogP contribution is -2.50. The van der Waals surface area contributed by atoms with Crippen molar-refractivity contribution >= 4 is 45.3 Å². The number of halogens is 3. The molecule has 11 nitrogen and oxygen atoms in total. The summed E-state index contributed by atoms with van der Waals surface area (Å²) >= 11 is -2.56. The van der Waals surface area contributed by atoms with Crippen molar-refractivity contribution in [1.82, 2.24) is 29.4 Å². The third-order valence-electron chi connectivity index (χ3n) is 8.67. The molecule has 2 saturated heterocycles. The molecule has 5 heterocycles. The highest BCUT2D eigenvalue weighted by Gasteiger charge is 2.38. The van der Waals surface area contributed by atoms with Gasteiger partial charge in [-0.05, 0) is 62.6 Å². The highest BCUT2D eigenvalue weighted by atomic mass is 32.2. The number of ketones is 1. The Labute approximate surface area is 265 Å². The topological polar surface area (TPSA) is 132 Å². The van der Waals surface area contributed by atoms with Crippen LogP contribution in [0.1, 0.15) is 41.7 Å². The average Bonchev–Trinajstić information content (AvgIpc) is 3.78. The second kappa shape index (κ2) is 12.3. The molecule has 46 heavy (non-hydrogen) atoms. The van der Waals surface area contributed by atoms with Gasteiger partial charge in [-0.25, -0.2) is 9.97 Å². The maximum atomic E-state index is 13.7. The van der Waals surface area contributed by atoms with Crippen LogP contribution in [0.15, 0.2) is 58.7 Å². The van der Waals surface area contributed by atoms with E-state index in [2.05, 4.69) is 35.1 Å². The summed E-state index contributed by atoms with van der Waals surface area (Å²) in [6.07, 6.45) is 3.00. The molecule has 1 aromatic carbocycles. The monoisotopic (exact) mass is 652 g/mol. The van der Waals surface area contributed by atoms with Crippen LogP contribution in [0.25, 0.3) is 11.0 Å². The number of Topliss-reactive ketones (excluding diaryl/α,β-unsaturated/α-hetero) is 1. The number of hydrogen-bond acceptors (Lipinski definition) is 10. The maximum Gasteiger partial charge on any atom is 0.433 e. The van der Waals surface area contributed by atoms with Crippen LogP contribution in [0.5, 0.6) is 0 Å². The van der Waals surface area contributed by atoms with E-state index < -0.39 is 35.2 Å². The number of carbonyl (C=O) groups excluding carboxylic acids is 1. The first-order valence-electron chi connectivity index (χ1n) is 15.2. The number of rotatable bonds is 9. The van der Waals surface area contributed by atoms with Crippen LogP contribution in [0, 0.1) is 5.92 Å². The number of alkyl halides is 3. The zero-order chi connectivity index (χ0) is 32.0. The average molecular weight is 653 g/mol. The van der Waals surface area contributed by atoms with Gasteiger partial charge in [0.25, 0.3) is 10.6 Å². The second-order valence-electron chi connectivity index (χ2n) is 11.9. The number of fused-ring (bicyclic) bond motifs is 2. The molecule has 15 heteroatoms.